The Hall–Kier alpha value is -3.94. The van der Waals surface area contributed by atoms with Crippen molar-refractivity contribution < 1.29 is 37.4 Å². The standard InChI is InChI=1S/C14H11NO2.C13H13F3N2O3S/c15-9-12-6-7-13(16)14(8-12)17-10-11-4-2-1-3-5-11;14-13(15,16)10-1-2-11(9(5-10)6-17)22(21)18-4-3-12(20,7-18)8-19/h1-8,16H,10H2;1-2,5,19-20H,3-4,7-8H2. The number of benzene rings is 3. The summed E-state index contributed by atoms with van der Waals surface area (Å²) in [7, 11) is -1.88. The first-order valence-electron chi connectivity index (χ1n) is 11.5. The second-order valence-corrected chi connectivity index (χ2v) is 10.1. The lowest BCUT2D eigenvalue weighted by atomic mass is 10.1. The number of phenols is 1. The van der Waals surface area contributed by atoms with E-state index < -0.39 is 34.9 Å². The Bertz CT molecular complexity index is 1410. The highest BCUT2D eigenvalue weighted by Crippen LogP contribution is 2.32. The average molecular weight is 560 g/mol. The molecule has 1 aliphatic heterocycles. The predicted octanol–water partition coefficient (Wildman–Crippen LogP) is 3.87. The molecule has 39 heavy (non-hydrogen) atoms. The van der Waals surface area contributed by atoms with E-state index in [0.29, 0.717) is 24.0 Å². The number of aliphatic hydroxyl groups excluding tert-OH is 1. The van der Waals surface area contributed by atoms with Crippen LogP contribution in [-0.4, -0.2) is 49.1 Å². The smallest absolute Gasteiger partial charge is 0.416 e. The van der Waals surface area contributed by atoms with Crippen LogP contribution in [0.5, 0.6) is 11.5 Å². The van der Waals surface area contributed by atoms with Gasteiger partial charge in [-0.15, -0.1) is 0 Å². The molecule has 204 valence electrons. The molecule has 3 aromatic carbocycles. The molecule has 4 rings (SSSR count). The molecule has 1 aliphatic rings. The number of ether oxygens (including phenoxy) is 1. The minimum atomic E-state index is -4.59. The van der Waals surface area contributed by atoms with Gasteiger partial charge in [0.1, 0.15) is 29.3 Å². The Labute approximate surface area is 225 Å². The van der Waals surface area contributed by atoms with Crippen LogP contribution in [0.3, 0.4) is 0 Å². The Kier molecular flexibility index (Phi) is 9.67. The van der Waals surface area contributed by atoms with Crippen molar-refractivity contribution in [1.29, 1.82) is 10.5 Å². The number of hydrogen-bond acceptors (Lipinski definition) is 7. The lowest BCUT2D eigenvalue weighted by Gasteiger charge is -2.20. The molecule has 0 amide bonds. The summed E-state index contributed by atoms with van der Waals surface area (Å²) in [5, 5.41) is 46.3. The second kappa shape index (κ2) is 12.7. The molecule has 12 heteroatoms. The third-order valence-corrected chi connectivity index (χ3v) is 7.28. The van der Waals surface area contributed by atoms with Crippen LogP contribution in [0.25, 0.3) is 0 Å². The number of nitriles is 2. The fraction of sp³-hybridized carbons (Fsp3) is 0.259. The zero-order valence-corrected chi connectivity index (χ0v) is 21.2. The fourth-order valence-electron chi connectivity index (χ4n) is 3.61. The molecule has 2 atom stereocenters. The quantitative estimate of drug-likeness (QED) is 0.417. The molecule has 1 fully saturated rings. The normalized spacial score (nSPS) is 17.8. The van der Waals surface area contributed by atoms with Crippen LogP contribution in [0.2, 0.25) is 0 Å². The van der Waals surface area contributed by atoms with Crippen LogP contribution in [0.4, 0.5) is 13.2 Å². The highest BCUT2D eigenvalue weighted by Gasteiger charge is 2.39. The van der Waals surface area contributed by atoms with E-state index in [2.05, 4.69) is 0 Å². The third kappa shape index (κ3) is 7.78. The predicted molar refractivity (Wildman–Crippen MR) is 134 cm³/mol. The zero-order chi connectivity index (χ0) is 28.6. The van der Waals surface area contributed by atoms with Gasteiger partial charge >= 0.3 is 6.18 Å². The molecular weight excluding hydrogens is 535 g/mol. The first-order chi connectivity index (χ1) is 18.5. The molecule has 1 saturated heterocycles. The van der Waals surface area contributed by atoms with Crippen LogP contribution >= 0.6 is 0 Å². The summed E-state index contributed by atoms with van der Waals surface area (Å²) in [6, 6.07) is 20.2. The van der Waals surface area contributed by atoms with E-state index in [0.717, 1.165) is 17.7 Å². The van der Waals surface area contributed by atoms with Gasteiger partial charge in [-0.3, -0.25) is 0 Å². The number of rotatable bonds is 6. The van der Waals surface area contributed by atoms with Crippen molar-refractivity contribution in [3.05, 3.63) is 89.0 Å². The van der Waals surface area contributed by atoms with Gasteiger partial charge in [0, 0.05) is 19.2 Å². The topological polar surface area (TPSA) is 138 Å². The number of halogens is 3. The van der Waals surface area contributed by atoms with Crippen molar-refractivity contribution >= 4 is 11.0 Å². The summed E-state index contributed by atoms with van der Waals surface area (Å²) in [6.45, 7) is -0.0142. The molecule has 0 spiro atoms. The molecule has 0 aromatic heterocycles. The van der Waals surface area contributed by atoms with Crippen molar-refractivity contribution in [2.75, 3.05) is 19.7 Å². The van der Waals surface area contributed by atoms with Crippen molar-refractivity contribution in [3.8, 4) is 23.6 Å². The highest BCUT2D eigenvalue weighted by atomic mass is 32.2. The molecule has 0 radical (unpaired) electrons. The Balaban J connectivity index is 0.000000223. The van der Waals surface area contributed by atoms with E-state index >= 15 is 0 Å². The van der Waals surface area contributed by atoms with Gasteiger partial charge in [0.25, 0.3) is 0 Å². The number of aromatic hydroxyl groups is 1. The minimum absolute atomic E-state index is 0.0416. The van der Waals surface area contributed by atoms with Crippen LogP contribution < -0.4 is 4.74 Å². The molecule has 1 heterocycles. The number of β-amino-alcohol motifs (C(OH)–C–C–N with tert-alkyl or cyclic N) is 1. The second-order valence-electron chi connectivity index (χ2n) is 8.63. The summed E-state index contributed by atoms with van der Waals surface area (Å²) in [4.78, 5) is -0.0438. The van der Waals surface area contributed by atoms with E-state index in [9.17, 15) is 27.6 Å². The Morgan fingerprint density at radius 3 is 2.36 bits per heavy atom. The van der Waals surface area contributed by atoms with Gasteiger partial charge in [0.15, 0.2) is 11.5 Å². The molecule has 8 nitrogen and oxygen atoms in total. The molecule has 0 aliphatic carbocycles. The summed E-state index contributed by atoms with van der Waals surface area (Å²) in [5.74, 6) is 0.368. The lowest BCUT2D eigenvalue weighted by Crippen LogP contribution is -2.37. The van der Waals surface area contributed by atoms with E-state index in [1.165, 1.54) is 16.4 Å². The van der Waals surface area contributed by atoms with Crippen molar-refractivity contribution in [2.45, 2.75) is 29.7 Å². The first kappa shape index (κ1) is 29.6. The number of aliphatic hydroxyl groups is 2. The van der Waals surface area contributed by atoms with Gasteiger partial charge in [0.2, 0.25) is 0 Å². The van der Waals surface area contributed by atoms with Gasteiger partial charge in [-0.1, -0.05) is 30.3 Å². The molecule has 0 bridgehead atoms. The molecule has 3 aromatic rings. The molecule has 0 saturated carbocycles. The molecular formula is C27H24F3N3O5S. The number of phenolic OH excluding ortho intramolecular Hbond substituents is 1. The first-order valence-corrected chi connectivity index (χ1v) is 12.6. The number of alkyl halides is 3. The van der Waals surface area contributed by atoms with E-state index in [4.69, 9.17) is 20.4 Å². The van der Waals surface area contributed by atoms with Crippen LogP contribution in [0, 0.1) is 22.7 Å². The monoisotopic (exact) mass is 559 g/mol. The Morgan fingerprint density at radius 2 is 1.77 bits per heavy atom. The lowest BCUT2D eigenvalue weighted by molar-refractivity contribution is -0.137. The zero-order valence-electron chi connectivity index (χ0n) is 20.4. The maximum Gasteiger partial charge on any atom is 0.416 e. The summed E-state index contributed by atoms with van der Waals surface area (Å²) in [5.41, 5.74) is -1.22. The average Bonchev–Trinajstić information content (AvgIpc) is 3.35. The van der Waals surface area contributed by atoms with E-state index in [1.807, 2.05) is 36.4 Å². The van der Waals surface area contributed by atoms with Gasteiger partial charge in [-0.2, -0.15) is 23.7 Å². The van der Waals surface area contributed by atoms with E-state index in [-0.39, 0.29) is 35.7 Å². The van der Waals surface area contributed by atoms with Crippen molar-refractivity contribution in [3.63, 3.8) is 0 Å². The maximum atomic E-state index is 12.6. The highest BCUT2D eigenvalue weighted by molar-refractivity contribution is 7.82. The molecule has 3 N–H and O–H groups in total. The maximum absolute atomic E-state index is 12.6. The van der Waals surface area contributed by atoms with Gasteiger partial charge in [-0.05, 0) is 42.3 Å². The van der Waals surface area contributed by atoms with Crippen LogP contribution in [-0.2, 0) is 23.8 Å². The van der Waals surface area contributed by atoms with Gasteiger partial charge < -0.3 is 20.1 Å². The fourth-order valence-corrected chi connectivity index (χ4v) is 4.98. The SMILES string of the molecule is N#Cc1cc(C(F)(F)F)ccc1S(=O)N1CCC(O)(CO)C1.N#Cc1ccc(O)c(OCc2ccccc2)c1. The van der Waals surface area contributed by atoms with Gasteiger partial charge in [-0.25, -0.2) is 8.51 Å². The third-order valence-electron chi connectivity index (χ3n) is 5.77. The summed E-state index contributed by atoms with van der Waals surface area (Å²) in [6.07, 6.45) is -4.39. The molecule has 2 unspecified atom stereocenters. The van der Waals surface area contributed by atoms with Crippen LogP contribution in [0.15, 0.2) is 71.6 Å². The van der Waals surface area contributed by atoms with Crippen LogP contribution in [0.1, 0.15) is 28.7 Å². The van der Waals surface area contributed by atoms with E-state index in [1.54, 1.807) is 12.1 Å². The van der Waals surface area contributed by atoms with Crippen molar-refractivity contribution in [1.82, 2.24) is 4.31 Å². The van der Waals surface area contributed by atoms with Crippen molar-refractivity contribution in [2.24, 2.45) is 0 Å². The number of hydrogen-bond donors (Lipinski definition) is 3. The van der Waals surface area contributed by atoms with Gasteiger partial charge in [0.05, 0.1) is 34.3 Å². The largest absolute Gasteiger partial charge is 0.504 e. The summed E-state index contributed by atoms with van der Waals surface area (Å²) >= 11 is 0. The summed E-state index contributed by atoms with van der Waals surface area (Å²) < 4.78 is 57.1. The minimum Gasteiger partial charge on any atom is -0.504 e. The number of nitrogens with zero attached hydrogens (tertiary/aromatic N) is 3. The Morgan fingerprint density at radius 1 is 1.05 bits per heavy atom.